The van der Waals surface area contributed by atoms with Gasteiger partial charge in [-0.2, -0.15) is 0 Å². The lowest BCUT2D eigenvalue weighted by Gasteiger charge is -2.35. The fourth-order valence-electron chi connectivity index (χ4n) is 5.63. The van der Waals surface area contributed by atoms with Crippen molar-refractivity contribution in [1.29, 1.82) is 0 Å². The number of ether oxygens (including phenoxy) is 2. The number of carbonyl (C=O) groups is 1. The molecule has 0 fully saturated rings. The zero-order chi connectivity index (χ0) is 30.2. The molecule has 5 rings (SSSR count). The van der Waals surface area contributed by atoms with Crippen LogP contribution >= 0.6 is 0 Å². The van der Waals surface area contributed by atoms with E-state index in [1.165, 1.54) is 0 Å². The van der Waals surface area contributed by atoms with Crippen LogP contribution in [-0.2, 0) is 9.53 Å². The molecule has 220 valence electrons. The minimum Gasteiger partial charge on any atom is -0.497 e. The van der Waals surface area contributed by atoms with E-state index in [1.54, 1.807) is 24.9 Å². The van der Waals surface area contributed by atoms with E-state index in [1.807, 2.05) is 115 Å². The second-order valence-corrected chi connectivity index (χ2v) is 10.4. The average molecular weight is 576 g/mol. The van der Waals surface area contributed by atoms with Crippen molar-refractivity contribution in [3.05, 3.63) is 136 Å². The molecule has 0 radical (unpaired) electrons. The van der Waals surface area contributed by atoms with Crippen LogP contribution in [0.3, 0.4) is 0 Å². The summed E-state index contributed by atoms with van der Waals surface area (Å²) in [5, 5.41) is 0.514. The summed E-state index contributed by atoms with van der Waals surface area (Å²) in [7, 11) is 3.27. The molecule has 0 saturated heterocycles. The van der Waals surface area contributed by atoms with E-state index in [0.717, 1.165) is 11.1 Å². The third kappa shape index (κ3) is 6.37. The first-order valence-corrected chi connectivity index (χ1v) is 14.6. The summed E-state index contributed by atoms with van der Waals surface area (Å²) in [6, 6.07) is 33.9. The summed E-state index contributed by atoms with van der Waals surface area (Å²) >= 11 is 0. The van der Waals surface area contributed by atoms with Gasteiger partial charge in [0.2, 0.25) is 5.91 Å². The summed E-state index contributed by atoms with van der Waals surface area (Å²) < 4.78 is 12.4. The molecular formula is C36H37N3O4. The number of carbonyl (C=O) groups excluding carboxylic acids is 1. The maximum atomic E-state index is 14.8. The molecule has 0 saturated carbocycles. The molecule has 0 aliphatic carbocycles. The van der Waals surface area contributed by atoms with Crippen LogP contribution in [-0.4, -0.2) is 47.7 Å². The van der Waals surface area contributed by atoms with Gasteiger partial charge in [0, 0.05) is 20.3 Å². The SMILES string of the molecule is CCC(c1nc2ccccc2c(=O)n1-c1ccc(OC)cc1)N(CCCOC)C(=O)C(c1ccccc1)c1ccccc1. The highest BCUT2D eigenvalue weighted by Crippen LogP contribution is 2.33. The number of amides is 1. The normalized spacial score (nSPS) is 11.9. The molecule has 1 unspecified atom stereocenters. The Morgan fingerprint density at radius 1 is 0.837 bits per heavy atom. The molecule has 0 bridgehead atoms. The van der Waals surface area contributed by atoms with Gasteiger partial charge in [-0.1, -0.05) is 79.7 Å². The Kier molecular flexibility index (Phi) is 9.64. The molecule has 5 aromatic rings. The minimum absolute atomic E-state index is 0.0518. The molecule has 0 aliphatic rings. The molecular weight excluding hydrogens is 538 g/mol. The number of fused-ring (bicyclic) bond motifs is 1. The second kappa shape index (κ2) is 13.9. The fraction of sp³-hybridized carbons (Fsp3) is 0.250. The molecule has 0 aliphatic heterocycles. The quantitative estimate of drug-likeness (QED) is 0.158. The number of para-hydroxylation sites is 1. The minimum atomic E-state index is -0.527. The number of hydrogen-bond acceptors (Lipinski definition) is 5. The molecule has 43 heavy (non-hydrogen) atoms. The molecule has 1 amide bonds. The molecule has 7 nitrogen and oxygen atoms in total. The predicted molar refractivity (Wildman–Crippen MR) is 170 cm³/mol. The van der Waals surface area contributed by atoms with Crippen molar-refractivity contribution in [2.24, 2.45) is 0 Å². The molecule has 1 atom stereocenters. The Morgan fingerprint density at radius 3 is 2.02 bits per heavy atom. The van der Waals surface area contributed by atoms with Crippen molar-refractivity contribution in [2.75, 3.05) is 27.4 Å². The maximum Gasteiger partial charge on any atom is 0.266 e. The van der Waals surface area contributed by atoms with Crippen LogP contribution in [0.2, 0.25) is 0 Å². The van der Waals surface area contributed by atoms with Crippen LogP contribution in [0.4, 0.5) is 0 Å². The van der Waals surface area contributed by atoms with Gasteiger partial charge in [0.1, 0.15) is 11.6 Å². The van der Waals surface area contributed by atoms with Gasteiger partial charge in [-0.25, -0.2) is 4.98 Å². The van der Waals surface area contributed by atoms with E-state index in [2.05, 4.69) is 0 Å². The van der Waals surface area contributed by atoms with Gasteiger partial charge in [0.25, 0.3) is 5.56 Å². The van der Waals surface area contributed by atoms with Crippen molar-refractivity contribution >= 4 is 16.8 Å². The van der Waals surface area contributed by atoms with Gasteiger partial charge < -0.3 is 14.4 Å². The van der Waals surface area contributed by atoms with Gasteiger partial charge in [0.15, 0.2) is 0 Å². The standard InChI is InChI=1S/C36H37N3O4/c1-4-32(34-37-31-19-12-11-18-30(31)35(40)39(34)28-20-22-29(43-3)23-21-28)38(24-13-25-42-2)36(41)33(26-14-7-5-8-15-26)27-16-9-6-10-17-27/h5-12,14-23,32-33H,4,13,24-25H2,1-3H3. The molecule has 7 heteroatoms. The number of nitrogens with zero attached hydrogens (tertiary/aromatic N) is 3. The van der Waals surface area contributed by atoms with Crippen molar-refractivity contribution in [2.45, 2.75) is 31.7 Å². The zero-order valence-corrected chi connectivity index (χ0v) is 24.9. The van der Waals surface area contributed by atoms with Crippen LogP contribution in [0.25, 0.3) is 16.6 Å². The molecule has 4 aromatic carbocycles. The highest BCUT2D eigenvalue weighted by Gasteiger charge is 2.34. The lowest BCUT2D eigenvalue weighted by Crippen LogP contribution is -2.42. The topological polar surface area (TPSA) is 73.7 Å². The smallest absolute Gasteiger partial charge is 0.266 e. The van der Waals surface area contributed by atoms with Crippen LogP contribution in [0.15, 0.2) is 114 Å². The van der Waals surface area contributed by atoms with E-state index >= 15 is 0 Å². The number of benzene rings is 4. The Labute approximate surface area is 252 Å². The van der Waals surface area contributed by atoms with Crippen molar-refractivity contribution in [1.82, 2.24) is 14.5 Å². The Morgan fingerprint density at radius 2 is 1.44 bits per heavy atom. The molecule has 0 spiro atoms. The first-order valence-electron chi connectivity index (χ1n) is 14.6. The van der Waals surface area contributed by atoms with Crippen molar-refractivity contribution in [3.63, 3.8) is 0 Å². The van der Waals surface area contributed by atoms with Crippen molar-refractivity contribution in [3.8, 4) is 11.4 Å². The summed E-state index contributed by atoms with van der Waals surface area (Å²) in [4.78, 5) is 35.9. The highest BCUT2D eigenvalue weighted by atomic mass is 16.5. The maximum absolute atomic E-state index is 14.8. The Bertz CT molecular complexity index is 1660. The third-order valence-electron chi connectivity index (χ3n) is 7.74. The van der Waals surface area contributed by atoms with E-state index in [-0.39, 0.29) is 11.5 Å². The lowest BCUT2D eigenvalue weighted by molar-refractivity contribution is -0.135. The first-order chi connectivity index (χ1) is 21.1. The number of rotatable bonds is 12. The number of hydrogen-bond donors (Lipinski definition) is 0. The number of methoxy groups -OCH3 is 2. The summed E-state index contributed by atoms with van der Waals surface area (Å²) in [6.07, 6.45) is 1.19. The van der Waals surface area contributed by atoms with E-state index in [4.69, 9.17) is 14.5 Å². The average Bonchev–Trinajstić information content (AvgIpc) is 3.06. The summed E-state index contributed by atoms with van der Waals surface area (Å²) in [6.45, 7) is 2.96. The van der Waals surface area contributed by atoms with E-state index in [0.29, 0.717) is 54.2 Å². The van der Waals surface area contributed by atoms with Crippen molar-refractivity contribution < 1.29 is 14.3 Å². The molecule has 1 aromatic heterocycles. The van der Waals surface area contributed by atoms with Crippen LogP contribution in [0.5, 0.6) is 5.75 Å². The lowest BCUT2D eigenvalue weighted by atomic mass is 9.89. The van der Waals surface area contributed by atoms with Gasteiger partial charge in [-0.15, -0.1) is 0 Å². The second-order valence-electron chi connectivity index (χ2n) is 10.4. The third-order valence-corrected chi connectivity index (χ3v) is 7.74. The van der Waals surface area contributed by atoms with Crippen LogP contribution in [0.1, 0.15) is 48.7 Å². The Balaban J connectivity index is 1.70. The van der Waals surface area contributed by atoms with E-state index < -0.39 is 12.0 Å². The van der Waals surface area contributed by atoms with Crippen LogP contribution < -0.4 is 10.3 Å². The predicted octanol–water partition coefficient (Wildman–Crippen LogP) is 6.54. The van der Waals surface area contributed by atoms with Crippen LogP contribution in [0, 0.1) is 0 Å². The number of aromatic nitrogens is 2. The molecule has 0 N–H and O–H groups in total. The zero-order valence-electron chi connectivity index (χ0n) is 24.9. The van der Waals surface area contributed by atoms with E-state index in [9.17, 15) is 9.59 Å². The Hall–Kier alpha value is -4.75. The monoisotopic (exact) mass is 575 g/mol. The molecule has 1 heterocycles. The highest BCUT2D eigenvalue weighted by molar-refractivity contribution is 5.87. The first kappa shape index (κ1) is 29.7. The van der Waals surface area contributed by atoms with Gasteiger partial charge in [-0.3, -0.25) is 14.2 Å². The largest absolute Gasteiger partial charge is 0.497 e. The van der Waals surface area contributed by atoms with Gasteiger partial charge in [-0.05, 0) is 60.4 Å². The fourth-order valence-corrected chi connectivity index (χ4v) is 5.63. The van der Waals surface area contributed by atoms with Gasteiger partial charge >= 0.3 is 0 Å². The summed E-state index contributed by atoms with van der Waals surface area (Å²) in [5.74, 6) is 0.621. The van der Waals surface area contributed by atoms with Gasteiger partial charge in [0.05, 0.1) is 35.7 Å². The summed E-state index contributed by atoms with van der Waals surface area (Å²) in [5.41, 5.74) is 2.88.